The van der Waals surface area contributed by atoms with Gasteiger partial charge in [0.25, 0.3) is 5.91 Å². The first kappa shape index (κ1) is 26.7. The molecule has 200 valence electrons. The number of phenols is 2. The van der Waals surface area contributed by atoms with Gasteiger partial charge in [0.1, 0.15) is 11.5 Å². The van der Waals surface area contributed by atoms with Crippen LogP contribution in [0, 0.1) is 6.92 Å². The maximum atomic E-state index is 13.7. The molecule has 4 aromatic rings. The van der Waals surface area contributed by atoms with Crippen LogP contribution in [0.3, 0.4) is 0 Å². The molecule has 5 rings (SSSR count). The fraction of sp³-hybridized carbons (Fsp3) is 0.258. The molecule has 2 heterocycles. The van der Waals surface area contributed by atoms with Gasteiger partial charge in [-0.15, -0.1) is 0 Å². The van der Waals surface area contributed by atoms with Gasteiger partial charge in [-0.05, 0) is 79.7 Å². The molecule has 0 unspecified atom stereocenters. The predicted octanol–water partition coefficient (Wildman–Crippen LogP) is 6.35. The second-order valence-electron chi connectivity index (χ2n) is 10.6. The molecule has 0 saturated carbocycles. The molecule has 39 heavy (non-hydrogen) atoms. The Hall–Kier alpha value is -3.94. The number of carbonyl (C=O) groups excluding carboxylic acids is 1. The number of anilines is 1. The number of likely N-dealkylation sites (tertiary alicyclic amines) is 1. The van der Waals surface area contributed by atoms with Crippen molar-refractivity contribution < 1.29 is 15.0 Å². The van der Waals surface area contributed by atoms with Crippen LogP contribution in [0.1, 0.15) is 47.3 Å². The summed E-state index contributed by atoms with van der Waals surface area (Å²) in [6.45, 7) is 8.73. The highest BCUT2D eigenvalue weighted by atomic mass is 35.5. The molecule has 1 saturated heterocycles. The highest BCUT2D eigenvalue weighted by Crippen LogP contribution is 2.32. The van der Waals surface area contributed by atoms with Crippen LogP contribution in [0.5, 0.6) is 11.5 Å². The number of aromatic hydroxyl groups is 2. The minimum atomic E-state index is -0.382. The number of halogens is 1. The van der Waals surface area contributed by atoms with E-state index in [0.29, 0.717) is 12.2 Å². The number of amides is 1. The van der Waals surface area contributed by atoms with Gasteiger partial charge in [-0.3, -0.25) is 9.69 Å². The van der Waals surface area contributed by atoms with E-state index in [2.05, 4.69) is 40.8 Å². The Balaban J connectivity index is 1.44. The van der Waals surface area contributed by atoms with Gasteiger partial charge in [0.2, 0.25) is 5.28 Å². The third kappa shape index (κ3) is 5.75. The van der Waals surface area contributed by atoms with Gasteiger partial charge < -0.3 is 15.1 Å². The number of nitrogens with zero attached hydrogens (tertiary/aromatic N) is 4. The zero-order chi connectivity index (χ0) is 27.7. The van der Waals surface area contributed by atoms with E-state index >= 15 is 0 Å². The molecule has 2 N–H and O–H groups in total. The maximum Gasteiger partial charge on any atom is 0.262 e. The molecular formula is C31H31ClN4O3. The number of aromatic nitrogens is 2. The van der Waals surface area contributed by atoms with Crippen molar-refractivity contribution >= 4 is 23.2 Å². The number of aryl methyl sites for hydroxylation is 1. The Bertz CT molecular complexity index is 1500. The number of carbonyl (C=O) groups is 1. The summed E-state index contributed by atoms with van der Waals surface area (Å²) in [6.07, 6.45) is 2.88. The first-order valence-electron chi connectivity index (χ1n) is 12.9. The van der Waals surface area contributed by atoms with Crippen molar-refractivity contribution in [3.63, 3.8) is 0 Å². The zero-order valence-electron chi connectivity index (χ0n) is 22.2. The van der Waals surface area contributed by atoms with Crippen LogP contribution >= 0.6 is 11.6 Å². The summed E-state index contributed by atoms with van der Waals surface area (Å²) < 4.78 is 0. The van der Waals surface area contributed by atoms with Crippen LogP contribution < -0.4 is 4.90 Å². The van der Waals surface area contributed by atoms with Crippen molar-refractivity contribution in [3.05, 3.63) is 100 Å². The van der Waals surface area contributed by atoms with E-state index in [4.69, 9.17) is 11.6 Å². The van der Waals surface area contributed by atoms with Crippen LogP contribution in [0.2, 0.25) is 5.28 Å². The molecule has 8 heteroatoms. The summed E-state index contributed by atoms with van der Waals surface area (Å²) in [5.74, 6) is -0.770. The van der Waals surface area contributed by atoms with Gasteiger partial charge in [0.05, 0.1) is 17.8 Å². The van der Waals surface area contributed by atoms with Crippen molar-refractivity contribution in [1.82, 2.24) is 14.9 Å². The van der Waals surface area contributed by atoms with Crippen LogP contribution in [0.4, 0.5) is 5.69 Å². The first-order chi connectivity index (χ1) is 18.6. The van der Waals surface area contributed by atoms with E-state index in [1.807, 2.05) is 43.3 Å². The number of benzene rings is 3. The molecule has 0 atom stereocenters. The molecule has 0 spiro atoms. The monoisotopic (exact) mass is 542 g/mol. The standard InChI is InChI=1S/C31H31ClN4O3/c1-20-17-33-30(32)34-28(20)23-8-10-24(11-9-23)36(29(39)26-13-12-25(37)16-27(26)38)19-22-6-4-21(5-7-22)18-35-15-14-31(35,2)3/h4-13,16-17,37-38H,14-15,18-19H2,1-3H3. The lowest BCUT2D eigenvalue weighted by atomic mass is 9.88. The third-order valence-electron chi connectivity index (χ3n) is 7.44. The van der Waals surface area contributed by atoms with E-state index in [9.17, 15) is 15.0 Å². The molecular weight excluding hydrogens is 512 g/mol. The lowest BCUT2D eigenvalue weighted by molar-refractivity contribution is 0.00794. The summed E-state index contributed by atoms with van der Waals surface area (Å²) in [7, 11) is 0. The SMILES string of the molecule is Cc1cnc(Cl)nc1-c1ccc(N(Cc2ccc(CN3CCC3(C)C)cc2)C(=O)c2ccc(O)cc2O)cc1. The van der Waals surface area contributed by atoms with Gasteiger partial charge >= 0.3 is 0 Å². The van der Waals surface area contributed by atoms with Crippen molar-refractivity contribution in [2.75, 3.05) is 11.4 Å². The Morgan fingerprint density at radius 3 is 2.33 bits per heavy atom. The van der Waals surface area contributed by atoms with Crippen molar-refractivity contribution in [1.29, 1.82) is 0 Å². The number of hydrogen-bond donors (Lipinski definition) is 2. The Kier molecular flexibility index (Phi) is 7.30. The summed E-state index contributed by atoms with van der Waals surface area (Å²) in [5.41, 5.74) is 5.62. The Morgan fingerprint density at radius 2 is 1.72 bits per heavy atom. The van der Waals surface area contributed by atoms with Gasteiger partial charge in [0.15, 0.2) is 0 Å². The van der Waals surface area contributed by atoms with E-state index in [-0.39, 0.29) is 33.8 Å². The second kappa shape index (κ2) is 10.7. The smallest absolute Gasteiger partial charge is 0.262 e. The summed E-state index contributed by atoms with van der Waals surface area (Å²) >= 11 is 6.02. The van der Waals surface area contributed by atoms with Crippen molar-refractivity contribution in [2.24, 2.45) is 0 Å². The second-order valence-corrected chi connectivity index (χ2v) is 10.9. The van der Waals surface area contributed by atoms with E-state index in [1.54, 1.807) is 11.1 Å². The van der Waals surface area contributed by atoms with Crippen LogP contribution in [-0.2, 0) is 13.1 Å². The largest absolute Gasteiger partial charge is 0.508 e. The van der Waals surface area contributed by atoms with Crippen LogP contribution in [0.15, 0.2) is 72.9 Å². The lowest BCUT2D eigenvalue weighted by Gasteiger charge is -2.48. The molecule has 0 radical (unpaired) electrons. The van der Waals surface area contributed by atoms with Gasteiger partial charge in [-0.25, -0.2) is 9.97 Å². The molecule has 1 aliphatic heterocycles. The molecule has 0 bridgehead atoms. The molecule has 1 aliphatic rings. The van der Waals surface area contributed by atoms with Gasteiger partial charge in [0, 0.05) is 42.1 Å². The van der Waals surface area contributed by atoms with Crippen LogP contribution in [0.25, 0.3) is 11.3 Å². The third-order valence-corrected chi connectivity index (χ3v) is 7.62. The number of rotatable bonds is 7. The van der Waals surface area contributed by atoms with E-state index in [1.165, 1.54) is 30.2 Å². The summed E-state index contributed by atoms with van der Waals surface area (Å²) in [5, 5.41) is 20.3. The first-order valence-corrected chi connectivity index (χ1v) is 13.2. The van der Waals surface area contributed by atoms with Gasteiger partial charge in [-0.1, -0.05) is 36.4 Å². The topological polar surface area (TPSA) is 89.8 Å². The average molecular weight is 543 g/mol. The molecule has 7 nitrogen and oxygen atoms in total. The molecule has 3 aromatic carbocycles. The van der Waals surface area contributed by atoms with Gasteiger partial charge in [-0.2, -0.15) is 0 Å². The van der Waals surface area contributed by atoms with E-state index < -0.39 is 0 Å². The average Bonchev–Trinajstić information content (AvgIpc) is 2.92. The highest BCUT2D eigenvalue weighted by Gasteiger charge is 2.35. The molecule has 1 amide bonds. The molecule has 0 aliphatic carbocycles. The zero-order valence-corrected chi connectivity index (χ0v) is 23.0. The van der Waals surface area contributed by atoms with E-state index in [0.717, 1.165) is 35.5 Å². The fourth-order valence-corrected chi connectivity index (χ4v) is 4.94. The quantitative estimate of drug-likeness (QED) is 0.265. The Labute approximate surface area is 233 Å². The lowest BCUT2D eigenvalue weighted by Crippen LogP contribution is -2.54. The minimum Gasteiger partial charge on any atom is -0.508 e. The Morgan fingerprint density at radius 1 is 1.03 bits per heavy atom. The van der Waals surface area contributed by atoms with Crippen LogP contribution in [-0.4, -0.2) is 43.1 Å². The fourth-order valence-electron chi connectivity index (χ4n) is 4.80. The number of hydrogen-bond acceptors (Lipinski definition) is 6. The van der Waals surface area contributed by atoms with Crippen molar-refractivity contribution in [2.45, 2.75) is 45.8 Å². The predicted molar refractivity (Wildman–Crippen MR) is 153 cm³/mol. The molecule has 1 aromatic heterocycles. The normalized spacial score (nSPS) is 14.6. The summed E-state index contributed by atoms with van der Waals surface area (Å²) in [4.78, 5) is 26.1. The van der Waals surface area contributed by atoms with Crippen molar-refractivity contribution in [3.8, 4) is 22.8 Å². The minimum absolute atomic E-state index is 0.104. The molecule has 1 fully saturated rings. The number of phenolic OH excluding ortho intramolecular Hbond substituents is 2. The maximum absolute atomic E-state index is 13.7. The highest BCUT2D eigenvalue weighted by molar-refractivity contribution is 6.28. The summed E-state index contributed by atoms with van der Waals surface area (Å²) in [6, 6.07) is 19.7.